The molecule has 1 aromatic carbocycles. The summed E-state index contributed by atoms with van der Waals surface area (Å²) in [6.07, 6.45) is 15.1. The number of hydrogen-bond donors (Lipinski definition) is 0. The molecule has 0 nitrogen and oxygen atoms in total. The van der Waals surface area contributed by atoms with E-state index in [0.717, 1.165) is 10.9 Å². The van der Waals surface area contributed by atoms with Crippen LogP contribution in [0, 0.1) is 0 Å². The van der Waals surface area contributed by atoms with Crippen LogP contribution in [-0.4, -0.2) is 0 Å². The highest BCUT2D eigenvalue weighted by molar-refractivity contribution is 6.30. The van der Waals surface area contributed by atoms with Crippen LogP contribution >= 0.6 is 11.6 Å². The van der Waals surface area contributed by atoms with Crippen molar-refractivity contribution in [2.45, 2.75) is 90.4 Å². The van der Waals surface area contributed by atoms with E-state index in [-0.39, 0.29) is 0 Å². The summed E-state index contributed by atoms with van der Waals surface area (Å²) < 4.78 is 0. The van der Waals surface area contributed by atoms with E-state index in [1.807, 2.05) is 12.1 Å². The van der Waals surface area contributed by atoms with Gasteiger partial charge in [-0.1, -0.05) is 95.4 Å². The molecule has 0 aliphatic rings. The highest BCUT2D eigenvalue weighted by atomic mass is 35.5. The molecule has 0 bridgehead atoms. The van der Waals surface area contributed by atoms with E-state index in [0.29, 0.717) is 0 Å². The van der Waals surface area contributed by atoms with E-state index >= 15 is 0 Å². The molecule has 0 aliphatic carbocycles. The van der Waals surface area contributed by atoms with Gasteiger partial charge in [0.05, 0.1) is 0 Å². The van der Waals surface area contributed by atoms with Gasteiger partial charge < -0.3 is 0 Å². The summed E-state index contributed by atoms with van der Waals surface area (Å²) >= 11 is 6.02. The lowest BCUT2D eigenvalue weighted by Gasteiger charge is -2.17. The van der Waals surface area contributed by atoms with Gasteiger partial charge in [0.1, 0.15) is 0 Å². The second kappa shape index (κ2) is 12.1. The Hall–Kier alpha value is -0.490. The zero-order chi connectivity index (χ0) is 15.3. The molecule has 0 heterocycles. The fraction of sp³-hybridized carbons (Fsp3) is 0.700. The van der Waals surface area contributed by atoms with Gasteiger partial charge in [0.15, 0.2) is 0 Å². The lowest BCUT2D eigenvalue weighted by atomic mass is 9.88. The van der Waals surface area contributed by atoms with Crippen LogP contribution < -0.4 is 0 Å². The Bertz CT molecular complexity index is 341. The van der Waals surface area contributed by atoms with Crippen molar-refractivity contribution in [2.75, 3.05) is 0 Å². The molecule has 1 rings (SSSR count). The average Bonchev–Trinajstić information content (AvgIpc) is 2.50. The Kier molecular flexibility index (Phi) is 10.7. The molecule has 0 radical (unpaired) electrons. The van der Waals surface area contributed by atoms with E-state index in [4.69, 9.17) is 11.6 Å². The maximum atomic E-state index is 6.02. The van der Waals surface area contributed by atoms with Gasteiger partial charge in [-0.2, -0.15) is 0 Å². The molecule has 0 saturated carbocycles. The lowest BCUT2D eigenvalue weighted by Crippen LogP contribution is -1.99. The molecule has 1 heteroatoms. The molecule has 120 valence electrons. The van der Waals surface area contributed by atoms with Gasteiger partial charge in [0, 0.05) is 5.02 Å². The molecule has 21 heavy (non-hydrogen) atoms. The number of benzene rings is 1. The van der Waals surface area contributed by atoms with Crippen molar-refractivity contribution in [1.82, 2.24) is 0 Å². The topological polar surface area (TPSA) is 0 Å². The van der Waals surface area contributed by atoms with Crippen molar-refractivity contribution in [3.05, 3.63) is 34.9 Å². The minimum absolute atomic E-state index is 0.736. The van der Waals surface area contributed by atoms with E-state index in [2.05, 4.69) is 26.0 Å². The summed E-state index contributed by atoms with van der Waals surface area (Å²) in [5, 5.41) is 0.852. The first kappa shape index (κ1) is 18.6. The van der Waals surface area contributed by atoms with Crippen molar-refractivity contribution in [1.29, 1.82) is 0 Å². The van der Waals surface area contributed by atoms with Crippen LogP contribution in [0.4, 0.5) is 0 Å². The molecule has 0 N–H and O–H groups in total. The molecule has 0 spiro atoms. The predicted molar refractivity (Wildman–Crippen MR) is 96.3 cm³/mol. The highest BCUT2D eigenvalue weighted by Crippen LogP contribution is 2.29. The number of rotatable bonds is 12. The zero-order valence-electron chi connectivity index (χ0n) is 14.0. The van der Waals surface area contributed by atoms with E-state index < -0.39 is 0 Å². The number of unbranched alkanes of at least 4 members (excludes halogenated alkanes) is 7. The van der Waals surface area contributed by atoms with Crippen LogP contribution in [0.3, 0.4) is 0 Å². The molecule has 0 saturated heterocycles. The number of halogens is 1. The summed E-state index contributed by atoms with van der Waals surface area (Å²) in [6, 6.07) is 8.56. The quantitative estimate of drug-likeness (QED) is 0.346. The van der Waals surface area contributed by atoms with Gasteiger partial charge in [-0.25, -0.2) is 0 Å². The third-order valence-electron chi connectivity index (χ3n) is 4.40. The smallest absolute Gasteiger partial charge is 0.0406 e. The van der Waals surface area contributed by atoms with E-state index in [9.17, 15) is 0 Å². The third-order valence-corrected chi connectivity index (χ3v) is 4.66. The highest BCUT2D eigenvalue weighted by Gasteiger charge is 2.11. The molecule has 0 aromatic heterocycles. The van der Waals surface area contributed by atoms with Crippen LogP contribution in [0.1, 0.15) is 96.0 Å². The second-order valence-corrected chi connectivity index (χ2v) is 6.74. The van der Waals surface area contributed by atoms with Crippen LogP contribution in [0.25, 0.3) is 0 Å². The first-order valence-corrected chi connectivity index (χ1v) is 9.41. The normalized spacial score (nSPS) is 12.5. The molecule has 1 unspecified atom stereocenters. The Morgan fingerprint density at radius 2 is 1.19 bits per heavy atom. The molecule has 1 atom stereocenters. The van der Waals surface area contributed by atoms with Crippen LogP contribution in [0.5, 0.6) is 0 Å². The average molecular weight is 309 g/mol. The summed E-state index contributed by atoms with van der Waals surface area (Å²) in [7, 11) is 0. The lowest BCUT2D eigenvalue weighted by molar-refractivity contribution is 0.495. The Labute approximate surface area is 137 Å². The predicted octanol–water partition coefficient (Wildman–Crippen LogP) is 7.75. The van der Waals surface area contributed by atoms with Crippen LogP contribution in [0.15, 0.2) is 24.3 Å². The van der Waals surface area contributed by atoms with Gasteiger partial charge in [-0.3, -0.25) is 0 Å². The molecular weight excluding hydrogens is 276 g/mol. The summed E-state index contributed by atoms with van der Waals surface area (Å²) in [6.45, 7) is 4.56. The van der Waals surface area contributed by atoms with Gasteiger partial charge in [-0.15, -0.1) is 0 Å². The van der Waals surface area contributed by atoms with E-state index in [1.54, 1.807) is 0 Å². The van der Waals surface area contributed by atoms with Crippen LogP contribution in [0.2, 0.25) is 5.02 Å². The minimum Gasteiger partial charge on any atom is -0.0843 e. The SMILES string of the molecule is CCCCCCCCC(CCCCC)c1ccc(Cl)cc1. The van der Waals surface area contributed by atoms with Gasteiger partial charge >= 0.3 is 0 Å². The fourth-order valence-electron chi connectivity index (χ4n) is 3.02. The number of hydrogen-bond acceptors (Lipinski definition) is 0. The van der Waals surface area contributed by atoms with Crippen molar-refractivity contribution in [2.24, 2.45) is 0 Å². The fourth-order valence-corrected chi connectivity index (χ4v) is 3.15. The van der Waals surface area contributed by atoms with Gasteiger partial charge in [0.2, 0.25) is 0 Å². The largest absolute Gasteiger partial charge is 0.0843 e. The second-order valence-electron chi connectivity index (χ2n) is 6.30. The summed E-state index contributed by atoms with van der Waals surface area (Å²) in [5.41, 5.74) is 1.49. The zero-order valence-corrected chi connectivity index (χ0v) is 14.8. The Morgan fingerprint density at radius 3 is 1.81 bits per heavy atom. The molecule has 1 aromatic rings. The third kappa shape index (κ3) is 8.51. The molecular formula is C20H33Cl. The first-order valence-electron chi connectivity index (χ1n) is 9.03. The van der Waals surface area contributed by atoms with E-state index in [1.165, 1.54) is 76.2 Å². The summed E-state index contributed by atoms with van der Waals surface area (Å²) in [5.74, 6) is 0.736. The van der Waals surface area contributed by atoms with Gasteiger partial charge in [-0.05, 0) is 36.5 Å². The molecule has 0 amide bonds. The standard InChI is InChI=1S/C20H33Cl/c1-3-5-7-8-9-11-13-18(12-10-6-4-2)19-14-16-20(21)17-15-19/h14-18H,3-13H2,1-2H3. The van der Waals surface area contributed by atoms with Gasteiger partial charge in [0.25, 0.3) is 0 Å². The Balaban J connectivity index is 2.39. The van der Waals surface area contributed by atoms with Crippen molar-refractivity contribution >= 4 is 11.6 Å². The van der Waals surface area contributed by atoms with Crippen molar-refractivity contribution in [3.63, 3.8) is 0 Å². The summed E-state index contributed by atoms with van der Waals surface area (Å²) in [4.78, 5) is 0. The Morgan fingerprint density at radius 1 is 0.714 bits per heavy atom. The monoisotopic (exact) mass is 308 g/mol. The van der Waals surface area contributed by atoms with Crippen molar-refractivity contribution in [3.8, 4) is 0 Å². The minimum atomic E-state index is 0.736. The maximum absolute atomic E-state index is 6.02. The van der Waals surface area contributed by atoms with Crippen LogP contribution in [-0.2, 0) is 0 Å². The maximum Gasteiger partial charge on any atom is 0.0406 e. The first-order chi connectivity index (χ1) is 10.3. The molecule has 0 fully saturated rings. The molecule has 0 aliphatic heterocycles. The van der Waals surface area contributed by atoms with Crippen molar-refractivity contribution < 1.29 is 0 Å².